The van der Waals surface area contributed by atoms with E-state index in [-0.39, 0.29) is 11.4 Å². The number of hydrogen-bond acceptors (Lipinski definition) is 1. The second-order valence-electron chi connectivity index (χ2n) is 6.98. The molecule has 0 aliphatic rings. The van der Waals surface area contributed by atoms with Crippen LogP contribution in [0.15, 0.2) is 60.8 Å². The highest BCUT2D eigenvalue weighted by molar-refractivity contribution is 6.30. The zero-order chi connectivity index (χ0) is 17.3. The van der Waals surface area contributed by atoms with Crippen molar-refractivity contribution in [3.8, 4) is 0 Å². The molecular formula is C20H21ClN2O. The summed E-state index contributed by atoms with van der Waals surface area (Å²) in [6, 6.07) is 17.1. The highest BCUT2D eigenvalue weighted by Crippen LogP contribution is 2.27. The van der Waals surface area contributed by atoms with Gasteiger partial charge >= 0.3 is 0 Å². The molecule has 0 spiro atoms. The maximum Gasteiger partial charge on any atom is 0.248 e. The Kier molecular flexibility index (Phi) is 4.37. The standard InChI is InChI=1S/C20H21ClN2O/c1-20(2,3)22-19(24)18(15-8-10-16(21)11-9-15)23-13-12-14-6-4-5-7-17(14)23/h4-13,18H,1-3H3,(H,22,24). The molecule has 0 fully saturated rings. The quantitative estimate of drug-likeness (QED) is 0.730. The van der Waals surface area contributed by atoms with E-state index in [4.69, 9.17) is 11.6 Å². The van der Waals surface area contributed by atoms with Crippen LogP contribution >= 0.6 is 11.6 Å². The van der Waals surface area contributed by atoms with E-state index in [1.54, 1.807) is 0 Å². The van der Waals surface area contributed by atoms with E-state index in [1.165, 1.54) is 0 Å². The Morgan fingerprint density at radius 2 is 1.71 bits per heavy atom. The average molecular weight is 341 g/mol. The summed E-state index contributed by atoms with van der Waals surface area (Å²) in [4.78, 5) is 13.0. The molecule has 0 bridgehead atoms. The molecule has 24 heavy (non-hydrogen) atoms. The van der Waals surface area contributed by atoms with Crippen molar-refractivity contribution in [3.63, 3.8) is 0 Å². The minimum atomic E-state index is -0.443. The lowest BCUT2D eigenvalue weighted by Gasteiger charge is -2.26. The Hall–Kier alpha value is -2.26. The fraction of sp³-hybridized carbons (Fsp3) is 0.250. The Balaban J connectivity index is 2.11. The van der Waals surface area contributed by atoms with Gasteiger partial charge in [0.15, 0.2) is 0 Å². The molecule has 0 radical (unpaired) electrons. The van der Waals surface area contributed by atoms with E-state index in [0.717, 1.165) is 16.5 Å². The van der Waals surface area contributed by atoms with E-state index >= 15 is 0 Å². The zero-order valence-electron chi connectivity index (χ0n) is 14.1. The molecule has 0 aliphatic carbocycles. The molecule has 3 rings (SSSR count). The van der Waals surface area contributed by atoms with E-state index in [1.807, 2.05) is 86.1 Å². The number of benzene rings is 2. The van der Waals surface area contributed by atoms with Crippen LogP contribution in [0.4, 0.5) is 0 Å². The van der Waals surface area contributed by atoms with Crippen molar-refractivity contribution in [1.29, 1.82) is 0 Å². The fourth-order valence-electron chi connectivity index (χ4n) is 2.85. The monoisotopic (exact) mass is 340 g/mol. The molecule has 3 aromatic rings. The first-order chi connectivity index (χ1) is 11.3. The van der Waals surface area contributed by atoms with Gasteiger partial charge in [-0.05, 0) is 56.0 Å². The SMILES string of the molecule is CC(C)(C)NC(=O)C(c1ccc(Cl)cc1)n1ccc2ccccc21. The number of halogens is 1. The first kappa shape index (κ1) is 16.6. The van der Waals surface area contributed by atoms with Crippen LogP contribution in [0.25, 0.3) is 10.9 Å². The first-order valence-corrected chi connectivity index (χ1v) is 8.36. The fourth-order valence-corrected chi connectivity index (χ4v) is 2.98. The van der Waals surface area contributed by atoms with Gasteiger partial charge in [-0.25, -0.2) is 0 Å². The van der Waals surface area contributed by atoms with Crippen LogP contribution < -0.4 is 5.32 Å². The molecule has 0 saturated carbocycles. The van der Waals surface area contributed by atoms with Crippen LogP contribution in [0.1, 0.15) is 32.4 Å². The maximum absolute atomic E-state index is 13.0. The van der Waals surface area contributed by atoms with Crippen LogP contribution in [0.3, 0.4) is 0 Å². The van der Waals surface area contributed by atoms with Crippen LogP contribution in [-0.4, -0.2) is 16.0 Å². The molecular weight excluding hydrogens is 320 g/mol. The van der Waals surface area contributed by atoms with Gasteiger partial charge in [0.05, 0.1) is 0 Å². The number of aromatic nitrogens is 1. The minimum absolute atomic E-state index is 0.0359. The molecule has 2 aromatic carbocycles. The number of rotatable bonds is 3. The molecule has 0 aliphatic heterocycles. The summed E-state index contributed by atoms with van der Waals surface area (Å²) >= 11 is 6.02. The number of nitrogens with zero attached hydrogens (tertiary/aromatic N) is 1. The predicted octanol–water partition coefficient (Wildman–Crippen LogP) is 4.80. The van der Waals surface area contributed by atoms with Crippen LogP contribution in [-0.2, 0) is 4.79 Å². The second-order valence-corrected chi connectivity index (χ2v) is 7.41. The van der Waals surface area contributed by atoms with Crippen molar-refractivity contribution in [1.82, 2.24) is 9.88 Å². The Bertz CT molecular complexity index is 859. The molecule has 1 unspecified atom stereocenters. The van der Waals surface area contributed by atoms with E-state index in [9.17, 15) is 4.79 Å². The van der Waals surface area contributed by atoms with Gasteiger partial charge in [0.2, 0.25) is 5.91 Å². The molecule has 124 valence electrons. The number of para-hydroxylation sites is 1. The summed E-state index contributed by atoms with van der Waals surface area (Å²) in [5.74, 6) is -0.0359. The van der Waals surface area contributed by atoms with Crippen molar-refractivity contribution < 1.29 is 4.79 Å². The summed E-state index contributed by atoms with van der Waals surface area (Å²) in [6.45, 7) is 5.95. The second kappa shape index (κ2) is 6.33. The molecule has 1 heterocycles. The van der Waals surface area contributed by atoms with Gasteiger partial charge in [-0.1, -0.05) is 41.9 Å². The van der Waals surface area contributed by atoms with Gasteiger partial charge in [0.25, 0.3) is 0 Å². The highest BCUT2D eigenvalue weighted by Gasteiger charge is 2.26. The molecule has 0 saturated heterocycles. The summed E-state index contributed by atoms with van der Waals surface area (Å²) in [5.41, 5.74) is 1.63. The Morgan fingerprint density at radius 1 is 1.04 bits per heavy atom. The number of nitrogens with one attached hydrogen (secondary N) is 1. The lowest BCUT2D eigenvalue weighted by molar-refractivity contribution is -0.124. The molecule has 4 heteroatoms. The van der Waals surface area contributed by atoms with Gasteiger partial charge in [-0.15, -0.1) is 0 Å². The Morgan fingerprint density at radius 3 is 2.38 bits per heavy atom. The van der Waals surface area contributed by atoms with E-state index < -0.39 is 6.04 Å². The molecule has 1 amide bonds. The van der Waals surface area contributed by atoms with Gasteiger partial charge in [0.1, 0.15) is 6.04 Å². The third-order valence-electron chi connectivity index (χ3n) is 3.84. The topological polar surface area (TPSA) is 34.0 Å². The summed E-state index contributed by atoms with van der Waals surface area (Å²) < 4.78 is 2.01. The normalized spacial score (nSPS) is 13.0. The third kappa shape index (κ3) is 3.46. The Labute approximate surface area is 147 Å². The van der Waals surface area contributed by atoms with Gasteiger partial charge in [-0.3, -0.25) is 4.79 Å². The minimum Gasteiger partial charge on any atom is -0.349 e. The largest absolute Gasteiger partial charge is 0.349 e. The third-order valence-corrected chi connectivity index (χ3v) is 4.09. The van der Waals surface area contributed by atoms with Crippen LogP contribution in [0.2, 0.25) is 5.02 Å². The van der Waals surface area contributed by atoms with E-state index in [0.29, 0.717) is 5.02 Å². The van der Waals surface area contributed by atoms with Crippen molar-refractivity contribution in [2.75, 3.05) is 0 Å². The molecule has 3 nitrogen and oxygen atoms in total. The van der Waals surface area contributed by atoms with Gasteiger partial charge in [-0.2, -0.15) is 0 Å². The first-order valence-electron chi connectivity index (χ1n) is 7.98. The summed E-state index contributed by atoms with van der Waals surface area (Å²) in [5, 5.41) is 4.86. The number of carbonyl (C=O) groups excluding carboxylic acids is 1. The summed E-state index contributed by atoms with van der Waals surface area (Å²) in [6.07, 6.45) is 1.96. The predicted molar refractivity (Wildman–Crippen MR) is 99.4 cm³/mol. The lowest BCUT2D eigenvalue weighted by Crippen LogP contribution is -2.44. The van der Waals surface area contributed by atoms with Crippen molar-refractivity contribution in [3.05, 3.63) is 71.4 Å². The van der Waals surface area contributed by atoms with Crippen molar-refractivity contribution in [2.24, 2.45) is 0 Å². The smallest absolute Gasteiger partial charge is 0.248 e. The number of carbonyl (C=O) groups is 1. The number of amides is 1. The molecule has 1 atom stereocenters. The lowest BCUT2D eigenvalue weighted by atomic mass is 10.0. The van der Waals surface area contributed by atoms with E-state index in [2.05, 4.69) is 5.32 Å². The summed E-state index contributed by atoms with van der Waals surface area (Å²) in [7, 11) is 0. The highest BCUT2D eigenvalue weighted by atomic mass is 35.5. The molecule has 1 N–H and O–H groups in total. The van der Waals surface area contributed by atoms with Gasteiger partial charge in [0, 0.05) is 22.3 Å². The average Bonchev–Trinajstić information content (AvgIpc) is 2.92. The van der Waals surface area contributed by atoms with Gasteiger partial charge < -0.3 is 9.88 Å². The van der Waals surface area contributed by atoms with Crippen molar-refractivity contribution in [2.45, 2.75) is 32.4 Å². The zero-order valence-corrected chi connectivity index (χ0v) is 14.8. The van der Waals surface area contributed by atoms with Crippen molar-refractivity contribution >= 4 is 28.4 Å². The molecule has 1 aromatic heterocycles. The number of hydrogen-bond donors (Lipinski definition) is 1. The van der Waals surface area contributed by atoms with Crippen LogP contribution in [0, 0.1) is 0 Å². The van der Waals surface area contributed by atoms with Crippen LogP contribution in [0.5, 0.6) is 0 Å². The number of fused-ring (bicyclic) bond motifs is 1. The maximum atomic E-state index is 13.0.